The van der Waals surface area contributed by atoms with Gasteiger partial charge in [-0.15, -0.1) is 0 Å². The molecule has 20 heavy (non-hydrogen) atoms. The highest BCUT2D eigenvalue weighted by atomic mass is 16.5. The van der Waals surface area contributed by atoms with E-state index >= 15 is 0 Å². The zero-order valence-corrected chi connectivity index (χ0v) is 11.7. The van der Waals surface area contributed by atoms with Crippen molar-refractivity contribution in [3.8, 4) is 0 Å². The lowest BCUT2D eigenvalue weighted by atomic mass is 9.90. The van der Waals surface area contributed by atoms with Gasteiger partial charge in [0.05, 0.1) is 17.1 Å². The molecule has 0 amide bonds. The molecule has 2 aromatic rings. The monoisotopic (exact) mass is 271 g/mol. The highest BCUT2D eigenvalue weighted by molar-refractivity contribution is 5.77. The molecular weight excluding hydrogens is 250 g/mol. The highest BCUT2D eigenvalue weighted by Gasteiger charge is 2.30. The van der Waals surface area contributed by atoms with Gasteiger partial charge in [0.25, 0.3) is 0 Å². The van der Waals surface area contributed by atoms with Gasteiger partial charge in [-0.25, -0.2) is 4.98 Å². The predicted octanol–water partition coefficient (Wildman–Crippen LogP) is 2.96. The number of para-hydroxylation sites is 2. The van der Waals surface area contributed by atoms with Crippen LogP contribution in [0.2, 0.25) is 0 Å². The Labute approximate surface area is 119 Å². The summed E-state index contributed by atoms with van der Waals surface area (Å²) in [5.74, 6) is 1.77. The average Bonchev–Trinajstić information content (AvgIpc) is 3.17. The van der Waals surface area contributed by atoms with Crippen molar-refractivity contribution < 1.29 is 4.74 Å². The smallest absolute Gasteiger partial charge is 0.203 e. The van der Waals surface area contributed by atoms with Gasteiger partial charge >= 0.3 is 0 Å². The average molecular weight is 271 g/mol. The molecule has 106 valence electrons. The number of benzene rings is 1. The first-order valence-corrected chi connectivity index (χ1v) is 7.71. The van der Waals surface area contributed by atoms with E-state index in [1.807, 2.05) is 12.1 Å². The number of anilines is 1. The molecular formula is C16H21N3O. The van der Waals surface area contributed by atoms with Crippen molar-refractivity contribution in [1.82, 2.24) is 9.97 Å². The summed E-state index contributed by atoms with van der Waals surface area (Å²) >= 11 is 0. The second-order valence-corrected chi connectivity index (χ2v) is 5.95. The van der Waals surface area contributed by atoms with Crippen LogP contribution < -0.4 is 4.90 Å². The number of nitrogens with zero attached hydrogens (tertiary/aromatic N) is 2. The van der Waals surface area contributed by atoms with Gasteiger partial charge in [0, 0.05) is 19.7 Å². The zero-order chi connectivity index (χ0) is 13.4. The van der Waals surface area contributed by atoms with Crippen LogP contribution in [0.5, 0.6) is 0 Å². The third-order valence-electron chi connectivity index (χ3n) is 4.71. The Morgan fingerprint density at radius 3 is 2.75 bits per heavy atom. The molecule has 2 aliphatic heterocycles. The molecule has 0 bridgehead atoms. The highest BCUT2D eigenvalue weighted by Crippen LogP contribution is 2.30. The van der Waals surface area contributed by atoms with Crippen molar-refractivity contribution in [3.63, 3.8) is 0 Å². The number of hydrogen-bond donors (Lipinski definition) is 1. The van der Waals surface area contributed by atoms with Gasteiger partial charge in [-0.3, -0.25) is 0 Å². The fraction of sp³-hybridized carbons (Fsp3) is 0.562. The third-order valence-corrected chi connectivity index (χ3v) is 4.71. The van der Waals surface area contributed by atoms with Gasteiger partial charge in [-0.05, 0) is 43.7 Å². The molecule has 1 aromatic carbocycles. The molecule has 4 rings (SSSR count). The molecule has 1 aromatic heterocycles. The first-order chi connectivity index (χ1) is 9.90. The minimum absolute atomic E-state index is 0.521. The number of aromatic nitrogens is 2. The van der Waals surface area contributed by atoms with Gasteiger partial charge in [-0.2, -0.15) is 0 Å². The van der Waals surface area contributed by atoms with E-state index < -0.39 is 0 Å². The van der Waals surface area contributed by atoms with Crippen LogP contribution in [0.4, 0.5) is 5.95 Å². The van der Waals surface area contributed by atoms with Crippen LogP contribution in [0.3, 0.4) is 0 Å². The lowest BCUT2D eigenvalue weighted by molar-refractivity contribution is 0.0530. The van der Waals surface area contributed by atoms with Gasteiger partial charge in [0.2, 0.25) is 5.95 Å². The largest absolute Gasteiger partial charge is 0.378 e. The molecule has 1 atom stereocenters. The number of aromatic amines is 1. The lowest BCUT2D eigenvalue weighted by Gasteiger charge is -2.34. The first kappa shape index (κ1) is 12.2. The summed E-state index contributed by atoms with van der Waals surface area (Å²) in [6, 6.07) is 8.24. The Kier molecular flexibility index (Phi) is 3.11. The van der Waals surface area contributed by atoms with Crippen molar-refractivity contribution in [2.75, 3.05) is 24.6 Å². The predicted molar refractivity (Wildman–Crippen MR) is 80.0 cm³/mol. The van der Waals surface area contributed by atoms with Crippen LogP contribution in [0.1, 0.15) is 25.7 Å². The Balaban J connectivity index is 1.45. The Morgan fingerprint density at radius 1 is 1.15 bits per heavy atom. The molecule has 3 heterocycles. The minimum atomic E-state index is 0.521. The summed E-state index contributed by atoms with van der Waals surface area (Å²) in [6.07, 6.45) is 5.47. The van der Waals surface area contributed by atoms with E-state index in [0.717, 1.165) is 42.6 Å². The van der Waals surface area contributed by atoms with E-state index in [-0.39, 0.29) is 0 Å². The standard InChI is InChI=1S/C16H21N3O/c1-2-5-14-13(4-1)17-16(18-14)19-9-7-12(8-10-19)15-6-3-11-20-15/h1-2,4-5,12,15H,3,6-11H2,(H,17,18). The topological polar surface area (TPSA) is 41.2 Å². The first-order valence-electron chi connectivity index (χ1n) is 7.71. The van der Waals surface area contributed by atoms with Crippen LogP contribution in [-0.2, 0) is 4.74 Å². The number of ether oxygens (including phenoxy) is 1. The Morgan fingerprint density at radius 2 is 2.00 bits per heavy atom. The summed E-state index contributed by atoms with van der Waals surface area (Å²) in [7, 11) is 0. The van der Waals surface area contributed by atoms with Crippen molar-refractivity contribution in [2.45, 2.75) is 31.8 Å². The molecule has 2 saturated heterocycles. The fourth-order valence-electron chi connectivity index (χ4n) is 3.55. The van der Waals surface area contributed by atoms with Crippen LogP contribution in [0, 0.1) is 5.92 Å². The summed E-state index contributed by atoms with van der Waals surface area (Å²) < 4.78 is 5.84. The molecule has 4 heteroatoms. The molecule has 1 unspecified atom stereocenters. The molecule has 0 spiro atoms. The third kappa shape index (κ3) is 2.18. The summed E-state index contributed by atoms with van der Waals surface area (Å²) in [6.45, 7) is 3.14. The number of piperidine rings is 1. The van der Waals surface area contributed by atoms with E-state index in [2.05, 4.69) is 22.0 Å². The molecule has 4 nitrogen and oxygen atoms in total. The van der Waals surface area contributed by atoms with Crippen LogP contribution in [0.25, 0.3) is 11.0 Å². The maximum Gasteiger partial charge on any atom is 0.203 e. The number of nitrogens with one attached hydrogen (secondary N) is 1. The molecule has 2 aliphatic rings. The second kappa shape index (κ2) is 5.09. The van der Waals surface area contributed by atoms with E-state index in [1.54, 1.807) is 0 Å². The van der Waals surface area contributed by atoms with Crippen molar-refractivity contribution in [1.29, 1.82) is 0 Å². The van der Waals surface area contributed by atoms with E-state index in [9.17, 15) is 0 Å². The number of fused-ring (bicyclic) bond motifs is 1. The van der Waals surface area contributed by atoms with Gasteiger partial charge < -0.3 is 14.6 Å². The number of imidazole rings is 1. The van der Waals surface area contributed by atoms with Crippen molar-refractivity contribution in [2.24, 2.45) is 5.92 Å². The van der Waals surface area contributed by atoms with Crippen LogP contribution in [-0.4, -0.2) is 35.8 Å². The molecule has 1 N–H and O–H groups in total. The molecule has 0 aliphatic carbocycles. The zero-order valence-electron chi connectivity index (χ0n) is 11.7. The number of hydrogen-bond acceptors (Lipinski definition) is 3. The fourth-order valence-corrected chi connectivity index (χ4v) is 3.55. The summed E-state index contributed by atoms with van der Waals surface area (Å²) in [5, 5.41) is 0. The van der Waals surface area contributed by atoms with Crippen molar-refractivity contribution in [3.05, 3.63) is 24.3 Å². The molecule has 0 saturated carbocycles. The lowest BCUT2D eigenvalue weighted by Crippen LogP contribution is -2.38. The van der Waals surface area contributed by atoms with Crippen LogP contribution >= 0.6 is 0 Å². The number of rotatable bonds is 2. The number of H-pyrrole nitrogens is 1. The van der Waals surface area contributed by atoms with Gasteiger partial charge in [-0.1, -0.05) is 12.1 Å². The van der Waals surface area contributed by atoms with E-state index in [0.29, 0.717) is 6.10 Å². The Hall–Kier alpha value is -1.55. The van der Waals surface area contributed by atoms with Gasteiger partial charge in [0.15, 0.2) is 0 Å². The second-order valence-electron chi connectivity index (χ2n) is 5.95. The Bertz CT molecular complexity index is 547. The van der Waals surface area contributed by atoms with Crippen LogP contribution in [0.15, 0.2) is 24.3 Å². The maximum absolute atomic E-state index is 5.84. The summed E-state index contributed by atoms with van der Waals surface area (Å²) in [5.41, 5.74) is 2.19. The van der Waals surface area contributed by atoms with E-state index in [1.165, 1.54) is 25.7 Å². The van der Waals surface area contributed by atoms with Gasteiger partial charge in [0.1, 0.15) is 0 Å². The normalized spacial score (nSPS) is 24.6. The molecule has 2 fully saturated rings. The maximum atomic E-state index is 5.84. The molecule has 0 radical (unpaired) electrons. The van der Waals surface area contributed by atoms with E-state index in [4.69, 9.17) is 9.72 Å². The summed E-state index contributed by atoms with van der Waals surface area (Å²) in [4.78, 5) is 10.5. The SMILES string of the molecule is c1ccc2[nH]c(N3CCC(C4CCCO4)CC3)nc2c1. The minimum Gasteiger partial charge on any atom is -0.378 e. The quantitative estimate of drug-likeness (QED) is 0.913. The van der Waals surface area contributed by atoms with Crippen molar-refractivity contribution >= 4 is 17.0 Å².